The molecule has 0 spiro atoms. The standard InChI is InChI=1S/C21H18ClN3O2S/c1-4-27-21(23-3)14-5-6-17(22)16(11-14)18-7-8-19(28-18)25-20(26)15-9-10-24-12-13(15)2/h4-12H,1H2,2-3H3,(H,25,26)/b23-21-. The first-order valence-electron chi connectivity index (χ1n) is 8.40. The molecule has 2 aromatic heterocycles. The Balaban J connectivity index is 1.87. The minimum absolute atomic E-state index is 0.173. The average molecular weight is 412 g/mol. The monoisotopic (exact) mass is 411 g/mol. The number of rotatable bonds is 5. The molecule has 0 radical (unpaired) electrons. The van der Waals surface area contributed by atoms with E-state index in [1.165, 1.54) is 17.6 Å². The summed E-state index contributed by atoms with van der Waals surface area (Å²) in [7, 11) is 1.65. The molecule has 0 saturated carbocycles. The Morgan fingerprint density at radius 2 is 2.14 bits per heavy atom. The molecule has 0 bridgehead atoms. The van der Waals surface area contributed by atoms with Crippen molar-refractivity contribution in [3.05, 3.63) is 83.3 Å². The number of pyridine rings is 1. The highest BCUT2D eigenvalue weighted by molar-refractivity contribution is 7.19. The van der Waals surface area contributed by atoms with Gasteiger partial charge in [0, 0.05) is 46.0 Å². The third-order valence-corrected chi connectivity index (χ3v) is 5.35. The number of hydrogen-bond donors (Lipinski definition) is 1. The second-order valence-electron chi connectivity index (χ2n) is 5.82. The summed E-state index contributed by atoms with van der Waals surface area (Å²) in [6, 6.07) is 11.0. The molecule has 5 nitrogen and oxygen atoms in total. The number of carbonyl (C=O) groups excluding carboxylic acids is 1. The molecular weight excluding hydrogens is 394 g/mol. The first-order valence-corrected chi connectivity index (χ1v) is 9.59. The summed E-state index contributed by atoms with van der Waals surface area (Å²) in [5.41, 5.74) is 3.03. The molecule has 1 aromatic carbocycles. The van der Waals surface area contributed by atoms with E-state index >= 15 is 0 Å². The van der Waals surface area contributed by atoms with Crippen molar-refractivity contribution in [3.63, 3.8) is 0 Å². The molecule has 0 aliphatic carbocycles. The van der Waals surface area contributed by atoms with Gasteiger partial charge >= 0.3 is 0 Å². The van der Waals surface area contributed by atoms with Crippen LogP contribution in [0.5, 0.6) is 0 Å². The van der Waals surface area contributed by atoms with Crippen LogP contribution in [0.25, 0.3) is 10.4 Å². The van der Waals surface area contributed by atoms with E-state index in [2.05, 4.69) is 21.9 Å². The van der Waals surface area contributed by atoms with Crippen molar-refractivity contribution in [2.45, 2.75) is 6.92 Å². The molecule has 2 heterocycles. The van der Waals surface area contributed by atoms with Gasteiger partial charge in [-0.15, -0.1) is 11.3 Å². The number of carbonyl (C=O) groups is 1. The predicted molar refractivity (Wildman–Crippen MR) is 115 cm³/mol. The Bertz CT molecular complexity index is 1060. The molecule has 7 heteroatoms. The number of thiophene rings is 1. The van der Waals surface area contributed by atoms with Gasteiger partial charge in [0.25, 0.3) is 5.91 Å². The van der Waals surface area contributed by atoms with Crippen molar-refractivity contribution in [1.29, 1.82) is 0 Å². The fraction of sp³-hybridized carbons (Fsp3) is 0.0952. The number of halogens is 1. The van der Waals surface area contributed by atoms with Crippen molar-refractivity contribution in [2.75, 3.05) is 12.4 Å². The summed E-state index contributed by atoms with van der Waals surface area (Å²) >= 11 is 7.84. The molecule has 0 atom stereocenters. The van der Waals surface area contributed by atoms with Crippen LogP contribution in [0.3, 0.4) is 0 Å². The van der Waals surface area contributed by atoms with Gasteiger partial charge in [-0.2, -0.15) is 0 Å². The van der Waals surface area contributed by atoms with Gasteiger partial charge < -0.3 is 10.1 Å². The van der Waals surface area contributed by atoms with E-state index in [0.29, 0.717) is 16.5 Å². The van der Waals surface area contributed by atoms with Crippen LogP contribution in [-0.4, -0.2) is 23.8 Å². The van der Waals surface area contributed by atoms with Crippen LogP contribution in [0.4, 0.5) is 5.00 Å². The molecule has 0 unspecified atom stereocenters. The zero-order valence-electron chi connectivity index (χ0n) is 15.4. The topological polar surface area (TPSA) is 63.6 Å². The van der Waals surface area contributed by atoms with Gasteiger partial charge in [-0.3, -0.25) is 14.8 Å². The predicted octanol–water partition coefficient (Wildman–Crippen LogP) is 5.56. The van der Waals surface area contributed by atoms with Gasteiger partial charge in [-0.25, -0.2) is 0 Å². The van der Waals surface area contributed by atoms with Gasteiger partial charge in [-0.05, 0) is 48.9 Å². The summed E-state index contributed by atoms with van der Waals surface area (Å²) in [5, 5.41) is 4.25. The third kappa shape index (κ3) is 4.30. The molecular formula is C21H18ClN3O2S. The minimum atomic E-state index is -0.173. The van der Waals surface area contributed by atoms with Crippen molar-refractivity contribution < 1.29 is 9.53 Å². The maximum atomic E-state index is 12.5. The van der Waals surface area contributed by atoms with E-state index in [9.17, 15) is 4.79 Å². The molecule has 0 aliphatic heterocycles. The molecule has 28 heavy (non-hydrogen) atoms. The van der Waals surface area contributed by atoms with E-state index < -0.39 is 0 Å². The highest BCUT2D eigenvalue weighted by Gasteiger charge is 2.14. The summed E-state index contributed by atoms with van der Waals surface area (Å²) in [4.78, 5) is 21.6. The van der Waals surface area contributed by atoms with Gasteiger partial charge in [-0.1, -0.05) is 18.2 Å². The molecule has 142 valence electrons. The largest absolute Gasteiger partial charge is 0.447 e. The Labute approximate surface area is 172 Å². The lowest BCUT2D eigenvalue weighted by Gasteiger charge is -2.08. The van der Waals surface area contributed by atoms with Gasteiger partial charge in [0.05, 0.1) is 11.3 Å². The summed E-state index contributed by atoms with van der Waals surface area (Å²) in [6.07, 6.45) is 4.60. The minimum Gasteiger partial charge on any atom is -0.447 e. The number of anilines is 1. The van der Waals surface area contributed by atoms with Gasteiger partial charge in [0.1, 0.15) is 0 Å². The second-order valence-corrected chi connectivity index (χ2v) is 7.31. The second kappa shape index (κ2) is 8.82. The van der Waals surface area contributed by atoms with E-state index in [-0.39, 0.29) is 5.91 Å². The van der Waals surface area contributed by atoms with Gasteiger partial charge in [0.2, 0.25) is 5.90 Å². The van der Waals surface area contributed by atoms with Gasteiger partial charge in [0.15, 0.2) is 0 Å². The zero-order valence-corrected chi connectivity index (χ0v) is 17.0. The number of hydrogen-bond acceptors (Lipinski definition) is 5. The Kier molecular flexibility index (Phi) is 6.23. The quantitative estimate of drug-likeness (QED) is 0.339. The lowest BCUT2D eigenvalue weighted by Crippen LogP contribution is -2.12. The zero-order chi connectivity index (χ0) is 20.1. The number of aliphatic imine (C=N–C) groups is 1. The highest BCUT2D eigenvalue weighted by atomic mass is 35.5. The van der Waals surface area contributed by atoms with E-state index in [4.69, 9.17) is 16.3 Å². The molecule has 3 aromatic rings. The van der Waals surface area contributed by atoms with E-state index in [1.807, 2.05) is 31.2 Å². The van der Waals surface area contributed by atoms with E-state index in [1.54, 1.807) is 31.6 Å². The lowest BCUT2D eigenvalue weighted by atomic mass is 10.1. The van der Waals surface area contributed by atoms with Crippen LogP contribution < -0.4 is 5.32 Å². The van der Waals surface area contributed by atoms with Crippen molar-refractivity contribution >= 4 is 39.7 Å². The van der Waals surface area contributed by atoms with Crippen molar-refractivity contribution in [1.82, 2.24) is 4.98 Å². The SMILES string of the molecule is C=CO/C(=N\C)c1ccc(Cl)c(-c2ccc(NC(=O)c3ccncc3C)s2)c1. The fourth-order valence-corrected chi connectivity index (χ4v) is 3.84. The lowest BCUT2D eigenvalue weighted by molar-refractivity contribution is 0.102. The molecule has 1 N–H and O–H groups in total. The first kappa shape index (κ1) is 19.8. The molecule has 0 fully saturated rings. The number of aryl methyl sites for hydroxylation is 1. The van der Waals surface area contributed by atoms with Crippen molar-refractivity contribution in [2.24, 2.45) is 4.99 Å². The maximum Gasteiger partial charge on any atom is 0.256 e. The van der Waals surface area contributed by atoms with Crippen molar-refractivity contribution in [3.8, 4) is 10.4 Å². The number of nitrogens with zero attached hydrogens (tertiary/aromatic N) is 2. The van der Waals surface area contributed by atoms with Crippen LogP contribution in [0.2, 0.25) is 5.02 Å². The Morgan fingerprint density at radius 3 is 2.86 bits per heavy atom. The fourth-order valence-electron chi connectivity index (χ4n) is 2.63. The van der Waals surface area contributed by atoms with Crippen LogP contribution in [-0.2, 0) is 4.74 Å². The number of aromatic nitrogens is 1. The smallest absolute Gasteiger partial charge is 0.256 e. The number of benzene rings is 1. The Hall–Kier alpha value is -2.96. The van der Waals surface area contributed by atoms with Crippen LogP contribution in [0.15, 0.2) is 66.6 Å². The first-order chi connectivity index (χ1) is 13.5. The Morgan fingerprint density at radius 1 is 1.32 bits per heavy atom. The normalized spacial score (nSPS) is 11.2. The molecule has 1 amide bonds. The maximum absolute atomic E-state index is 12.5. The highest BCUT2D eigenvalue weighted by Crippen LogP contribution is 2.36. The summed E-state index contributed by atoms with van der Waals surface area (Å²) in [6.45, 7) is 5.42. The van der Waals surface area contributed by atoms with Crippen LogP contribution in [0, 0.1) is 6.92 Å². The summed E-state index contributed by atoms with van der Waals surface area (Å²) < 4.78 is 5.34. The number of amides is 1. The van der Waals surface area contributed by atoms with Crippen LogP contribution in [0.1, 0.15) is 21.5 Å². The van der Waals surface area contributed by atoms with E-state index in [0.717, 1.165) is 26.6 Å². The number of ether oxygens (including phenoxy) is 1. The molecule has 3 rings (SSSR count). The molecule has 0 aliphatic rings. The third-order valence-electron chi connectivity index (χ3n) is 3.98. The van der Waals surface area contributed by atoms with Crippen LogP contribution >= 0.6 is 22.9 Å². The summed E-state index contributed by atoms with van der Waals surface area (Å²) in [5.74, 6) is 0.277. The molecule has 0 saturated heterocycles. The average Bonchev–Trinajstić information content (AvgIpc) is 3.15. The number of nitrogens with one attached hydrogen (secondary N) is 1.